The summed E-state index contributed by atoms with van der Waals surface area (Å²) in [5.74, 6) is 0.0852. The molecule has 1 aliphatic heterocycles. The van der Waals surface area contributed by atoms with Crippen LogP contribution < -0.4 is 10.6 Å². The number of aryl methyl sites for hydroxylation is 1. The molecule has 1 aromatic rings. The molecule has 1 heterocycles. The van der Waals surface area contributed by atoms with E-state index in [2.05, 4.69) is 0 Å². The van der Waals surface area contributed by atoms with E-state index in [0.29, 0.717) is 19.5 Å². The minimum atomic E-state index is -0.0101. The van der Waals surface area contributed by atoms with Crippen molar-refractivity contribution in [2.45, 2.75) is 19.4 Å². The van der Waals surface area contributed by atoms with Crippen LogP contribution >= 0.6 is 0 Å². The van der Waals surface area contributed by atoms with Crippen LogP contribution in [0.25, 0.3) is 0 Å². The summed E-state index contributed by atoms with van der Waals surface area (Å²) >= 11 is 0. The lowest BCUT2D eigenvalue weighted by atomic mass is 9.99. The fourth-order valence-corrected chi connectivity index (χ4v) is 2.09. The van der Waals surface area contributed by atoms with Crippen LogP contribution in [0.2, 0.25) is 0 Å². The molecule has 0 aliphatic carbocycles. The molecule has 86 valence electrons. The first-order chi connectivity index (χ1) is 7.76. The van der Waals surface area contributed by atoms with Gasteiger partial charge in [0, 0.05) is 25.2 Å². The summed E-state index contributed by atoms with van der Waals surface area (Å²) in [4.78, 5) is 13.3. The summed E-state index contributed by atoms with van der Waals surface area (Å²) in [6, 6.07) is 5.90. The van der Waals surface area contributed by atoms with Gasteiger partial charge >= 0.3 is 0 Å². The van der Waals surface area contributed by atoms with Crippen molar-refractivity contribution in [3.8, 4) is 0 Å². The van der Waals surface area contributed by atoms with Gasteiger partial charge in [0.2, 0.25) is 5.91 Å². The largest absolute Gasteiger partial charge is 0.395 e. The number of aliphatic hydroxyl groups is 1. The van der Waals surface area contributed by atoms with Crippen LogP contribution in [0.4, 0.5) is 5.69 Å². The summed E-state index contributed by atoms with van der Waals surface area (Å²) in [7, 11) is 0. The molecule has 0 saturated heterocycles. The molecule has 0 bridgehead atoms. The number of hydrogen-bond donors (Lipinski definition) is 2. The van der Waals surface area contributed by atoms with Crippen LogP contribution in [0.1, 0.15) is 17.5 Å². The van der Waals surface area contributed by atoms with Crippen LogP contribution in [-0.4, -0.2) is 24.2 Å². The average molecular weight is 220 g/mol. The third-order valence-corrected chi connectivity index (χ3v) is 2.90. The molecule has 1 amide bonds. The van der Waals surface area contributed by atoms with Crippen LogP contribution in [0.5, 0.6) is 0 Å². The summed E-state index contributed by atoms with van der Waals surface area (Å²) in [5.41, 5.74) is 8.73. The maximum Gasteiger partial charge on any atom is 0.227 e. The molecule has 16 heavy (non-hydrogen) atoms. The quantitative estimate of drug-likeness (QED) is 0.775. The Labute approximate surface area is 94.7 Å². The number of carbonyl (C=O) groups is 1. The second-order valence-electron chi connectivity index (χ2n) is 3.94. The fourth-order valence-electron chi connectivity index (χ4n) is 2.09. The zero-order chi connectivity index (χ0) is 11.5. The molecule has 0 spiro atoms. The zero-order valence-corrected chi connectivity index (χ0v) is 9.15. The lowest BCUT2D eigenvalue weighted by molar-refractivity contribution is -0.119. The monoisotopic (exact) mass is 220 g/mol. The van der Waals surface area contributed by atoms with E-state index >= 15 is 0 Å². The lowest BCUT2D eigenvalue weighted by Gasteiger charge is -2.29. The number of nitrogens with two attached hydrogens (primary N) is 1. The molecule has 0 aromatic heterocycles. The summed E-state index contributed by atoms with van der Waals surface area (Å²) in [5, 5.41) is 8.95. The number of fused-ring (bicyclic) bond motifs is 1. The Morgan fingerprint density at radius 2 is 2.19 bits per heavy atom. The smallest absolute Gasteiger partial charge is 0.227 e. The van der Waals surface area contributed by atoms with Crippen LogP contribution in [-0.2, 0) is 17.8 Å². The SMILES string of the molecule is NCc1ccc2c(c1)CCC(=O)N2CCO. The van der Waals surface area contributed by atoms with E-state index in [-0.39, 0.29) is 12.5 Å². The Kier molecular flexibility index (Phi) is 3.22. The van der Waals surface area contributed by atoms with E-state index in [9.17, 15) is 4.79 Å². The van der Waals surface area contributed by atoms with Crippen molar-refractivity contribution < 1.29 is 9.90 Å². The van der Waals surface area contributed by atoms with Crippen molar-refractivity contribution in [1.82, 2.24) is 0 Å². The highest BCUT2D eigenvalue weighted by atomic mass is 16.3. The Balaban J connectivity index is 2.36. The summed E-state index contributed by atoms with van der Waals surface area (Å²) < 4.78 is 0. The van der Waals surface area contributed by atoms with Gasteiger partial charge in [-0.3, -0.25) is 4.79 Å². The minimum Gasteiger partial charge on any atom is -0.395 e. The number of nitrogens with zero attached hydrogens (tertiary/aromatic N) is 1. The summed E-state index contributed by atoms with van der Waals surface area (Å²) in [6.45, 7) is 0.874. The summed E-state index contributed by atoms with van der Waals surface area (Å²) in [6.07, 6.45) is 1.28. The predicted molar refractivity (Wildman–Crippen MR) is 62.1 cm³/mol. The molecule has 3 N–H and O–H groups in total. The highest BCUT2D eigenvalue weighted by Crippen LogP contribution is 2.28. The van der Waals surface area contributed by atoms with E-state index in [1.807, 2.05) is 18.2 Å². The van der Waals surface area contributed by atoms with Gasteiger partial charge in [0.25, 0.3) is 0 Å². The molecular weight excluding hydrogens is 204 g/mol. The van der Waals surface area contributed by atoms with Gasteiger partial charge in [0.05, 0.1) is 6.61 Å². The predicted octanol–water partition coefficient (Wildman–Crippen LogP) is 0.417. The Morgan fingerprint density at radius 3 is 2.88 bits per heavy atom. The molecule has 4 heteroatoms. The highest BCUT2D eigenvalue weighted by Gasteiger charge is 2.23. The lowest BCUT2D eigenvalue weighted by Crippen LogP contribution is -2.37. The Morgan fingerprint density at radius 1 is 1.38 bits per heavy atom. The Bertz CT molecular complexity index is 404. The van der Waals surface area contributed by atoms with Crippen molar-refractivity contribution >= 4 is 11.6 Å². The van der Waals surface area contributed by atoms with Gasteiger partial charge in [-0.2, -0.15) is 0 Å². The molecule has 0 unspecified atom stereocenters. The highest BCUT2D eigenvalue weighted by molar-refractivity contribution is 5.96. The van der Waals surface area contributed by atoms with Gasteiger partial charge in [-0.1, -0.05) is 12.1 Å². The van der Waals surface area contributed by atoms with E-state index in [1.54, 1.807) is 4.90 Å². The maximum atomic E-state index is 11.7. The molecule has 0 fully saturated rings. The maximum absolute atomic E-state index is 11.7. The molecule has 1 aromatic carbocycles. The van der Waals surface area contributed by atoms with Gasteiger partial charge in [-0.05, 0) is 23.6 Å². The fraction of sp³-hybridized carbons (Fsp3) is 0.417. The first-order valence-electron chi connectivity index (χ1n) is 5.49. The number of carbonyl (C=O) groups excluding carboxylic acids is 1. The Hall–Kier alpha value is -1.39. The number of anilines is 1. The standard InChI is InChI=1S/C12H16N2O2/c13-8-9-1-3-11-10(7-9)2-4-12(16)14(11)5-6-15/h1,3,7,15H,2,4-6,8,13H2. The van der Waals surface area contributed by atoms with Crippen LogP contribution in [0.3, 0.4) is 0 Å². The second kappa shape index (κ2) is 4.63. The van der Waals surface area contributed by atoms with Crippen molar-refractivity contribution in [2.75, 3.05) is 18.1 Å². The zero-order valence-electron chi connectivity index (χ0n) is 9.15. The molecule has 0 saturated carbocycles. The van der Waals surface area contributed by atoms with Crippen LogP contribution in [0, 0.1) is 0 Å². The molecule has 1 aliphatic rings. The topological polar surface area (TPSA) is 66.6 Å². The number of β-amino-alcohol motifs (C(OH)–C–C–N with tert-alkyl or cyclic N) is 1. The number of amides is 1. The first kappa shape index (κ1) is 11.1. The molecular formula is C12H16N2O2. The van der Waals surface area contributed by atoms with Crippen molar-refractivity contribution in [3.05, 3.63) is 29.3 Å². The van der Waals surface area contributed by atoms with Crippen molar-refractivity contribution in [3.63, 3.8) is 0 Å². The van der Waals surface area contributed by atoms with Gasteiger partial charge < -0.3 is 15.7 Å². The third kappa shape index (κ3) is 1.94. The van der Waals surface area contributed by atoms with Gasteiger partial charge in [0.15, 0.2) is 0 Å². The van der Waals surface area contributed by atoms with E-state index in [1.165, 1.54) is 0 Å². The molecule has 4 nitrogen and oxygen atoms in total. The van der Waals surface area contributed by atoms with Crippen molar-refractivity contribution in [1.29, 1.82) is 0 Å². The molecule has 0 radical (unpaired) electrons. The van der Waals surface area contributed by atoms with Crippen molar-refractivity contribution in [2.24, 2.45) is 5.73 Å². The number of aliphatic hydroxyl groups excluding tert-OH is 1. The van der Waals surface area contributed by atoms with Gasteiger partial charge in [-0.15, -0.1) is 0 Å². The average Bonchev–Trinajstić information content (AvgIpc) is 2.32. The molecule has 2 rings (SSSR count). The third-order valence-electron chi connectivity index (χ3n) is 2.90. The minimum absolute atomic E-state index is 0.0101. The second-order valence-corrected chi connectivity index (χ2v) is 3.94. The van der Waals surface area contributed by atoms with Gasteiger partial charge in [-0.25, -0.2) is 0 Å². The first-order valence-corrected chi connectivity index (χ1v) is 5.49. The van der Waals surface area contributed by atoms with E-state index < -0.39 is 0 Å². The normalized spacial score (nSPS) is 15.1. The number of rotatable bonds is 3. The van der Waals surface area contributed by atoms with E-state index in [4.69, 9.17) is 10.8 Å². The number of benzene rings is 1. The molecule has 0 atom stereocenters. The number of hydrogen-bond acceptors (Lipinski definition) is 3. The van der Waals surface area contributed by atoms with Gasteiger partial charge in [0.1, 0.15) is 0 Å². The van der Waals surface area contributed by atoms with E-state index in [0.717, 1.165) is 23.2 Å². The van der Waals surface area contributed by atoms with Crippen LogP contribution in [0.15, 0.2) is 18.2 Å².